The average Bonchev–Trinajstić information content (AvgIpc) is 3.07. The number of carbonyl (C=O) groups is 1. The summed E-state index contributed by atoms with van der Waals surface area (Å²) in [5.74, 6) is 0. The maximum atomic E-state index is 12.3. The van der Waals surface area contributed by atoms with Crippen molar-refractivity contribution < 1.29 is 4.79 Å². The Kier molecular flexibility index (Phi) is 3.24. The van der Waals surface area contributed by atoms with Gasteiger partial charge in [-0.25, -0.2) is 9.78 Å². The number of thiol groups is 1. The smallest absolute Gasteiger partial charge is 0.330 e. The Balaban J connectivity index is 2.04. The maximum absolute atomic E-state index is 12.3. The second-order valence-electron chi connectivity index (χ2n) is 4.43. The quantitative estimate of drug-likeness (QED) is 0.793. The summed E-state index contributed by atoms with van der Waals surface area (Å²) in [6.07, 6.45) is 2.49. The van der Waals surface area contributed by atoms with Crippen LogP contribution >= 0.6 is 24.2 Å². The summed E-state index contributed by atoms with van der Waals surface area (Å²) in [6.45, 7) is 0.668. The molecule has 2 amide bonds. The molecular formula is C12H14N4OS2. The molecule has 1 atom stereocenters. The predicted molar refractivity (Wildman–Crippen MR) is 77.3 cm³/mol. The first-order valence-corrected chi connectivity index (χ1v) is 7.25. The number of urea groups is 1. The molecule has 1 aliphatic heterocycles. The van der Waals surface area contributed by atoms with Crippen LogP contribution in [0, 0.1) is 0 Å². The zero-order valence-electron chi connectivity index (χ0n) is 10.4. The molecule has 2 aromatic rings. The normalized spacial score (nSPS) is 18.2. The molecular weight excluding hydrogens is 280 g/mol. The SMILES string of the molecule is CN(S)C(=O)N1CCc2[nH]cnc2C1c1cccs1. The maximum Gasteiger partial charge on any atom is 0.330 e. The zero-order chi connectivity index (χ0) is 13.4. The van der Waals surface area contributed by atoms with Crippen LogP contribution in [0.2, 0.25) is 0 Å². The molecule has 1 N–H and O–H groups in total. The van der Waals surface area contributed by atoms with E-state index in [-0.39, 0.29) is 12.1 Å². The van der Waals surface area contributed by atoms with Crippen LogP contribution in [0.25, 0.3) is 0 Å². The molecule has 19 heavy (non-hydrogen) atoms. The van der Waals surface area contributed by atoms with Gasteiger partial charge >= 0.3 is 6.03 Å². The lowest BCUT2D eigenvalue weighted by atomic mass is 10.0. The largest absolute Gasteiger partial charge is 0.348 e. The Bertz CT molecular complexity index is 578. The highest BCUT2D eigenvalue weighted by Crippen LogP contribution is 2.36. The van der Waals surface area contributed by atoms with Gasteiger partial charge < -0.3 is 9.88 Å². The van der Waals surface area contributed by atoms with E-state index in [4.69, 9.17) is 0 Å². The van der Waals surface area contributed by atoms with E-state index in [1.165, 1.54) is 4.31 Å². The number of aromatic nitrogens is 2. The summed E-state index contributed by atoms with van der Waals surface area (Å²) in [5, 5.41) is 2.02. The van der Waals surface area contributed by atoms with Crippen LogP contribution in [0.1, 0.15) is 22.3 Å². The van der Waals surface area contributed by atoms with Crippen molar-refractivity contribution in [2.45, 2.75) is 12.5 Å². The van der Waals surface area contributed by atoms with Crippen molar-refractivity contribution in [1.29, 1.82) is 0 Å². The highest BCUT2D eigenvalue weighted by Gasteiger charge is 2.35. The van der Waals surface area contributed by atoms with E-state index in [2.05, 4.69) is 22.8 Å². The Morgan fingerprint density at radius 1 is 1.68 bits per heavy atom. The molecule has 3 rings (SSSR count). The molecule has 0 radical (unpaired) electrons. The Labute approximate surface area is 120 Å². The third-order valence-corrected chi connectivity index (χ3v) is 4.36. The fourth-order valence-corrected chi connectivity index (χ4v) is 3.36. The van der Waals surface area contributed by atoms with Gasteiger partial charge in [-0.15, -0.1) is 11.3 Å². The number of nitrogens with zero attached hydrogens (tertiary/aromatic N) is 3. The van der Waals surface area contributed by atoms with Crippen molar-refractivity contribution in [2.75, 3.05) is 13.6 Å². The number of carbonyl (C=O) groups excluding carboxylic acids is 1. The van der Waals surface area contributed by atoms with Crippen molar-refractivity contribution in [2.24, 2.45) is 0 Å². The number of fused-ring (bicyclic) bond motifs is 1. The molecule has 5 nitrogen and oxygen atoms in total. The Morgan fingerprint density at radius 3 is 3.21 bits per heavy atom. The minimum atomic E-state index is -0.114. The molecule has 2 aromatic heterocycles. The van der Waals surface area contributed by atoms with Crippen LogP contribution in [0.5, 0.6) is 0 Å². The second-order valence-corrected chi connectivity index (χ2v) is 6.01. The van der Waals surface area contributed by atoms with Crippen LogP contribution < -0.4 is 0 Å². The van der Waals surface area contributed by atoms with E-state index in [0.29, 0.717) is 6.54 Å². The summed E-state index contributed by atoms with van der Waals surface area (Å²) in [5.41, 5.74) is 2.06. The number of hydrogen-bond acceptors (Lipinski definition) is 4. The molecule has 7 heteroatoms. The fraction of sp³-hybridized carbons (Fsp3) is 0.333. The lowest BCUT2D eigenvalue weighted by Crippen LogP contribution is -2.44. The van der Waals surface area contributed by atoms with Gasteiger partial charge in [-0.1, -0.05) is 18.9 Å². The molecule has 0 saturated heterocycles. The molecule has 0 bridgehead atoms. The van der Waals surface area contributed by atoms with Crippen LogP contribution in [0.15, 0.2) is 23.8 Å². The zero-order valence-corrected chi connectivity index (χ0v) is 12.1. The van der Waals surface area contributed by atoms with Crippen molar-refractivity contribution in [3.05, 3.63) is 40.1 Å². The highest BCUT2D eigenvalue weighted by atomic mass is 32.1. The molecule has 3 heterocycles. The summed E-state index contributed by atoms with van der Waals surface area (Å²) in [6, 6.07) is 3.82. The first-order valence-electron chi connectivity index (χ1n) is 5.97. The van der Waals surface area contributed by atoms with Crippen LogP contribution in [0.4, 0.5) is 4.79 Å². The van der Waals surface area contributed by atoms with E-state index in [1.54, 1.807) is 24.7 Å². The van der Waals surface area contributed by atoms with Crippen molar-refractivity contribution in [1.82, 2.24) is 19.2 Å². The van der Waals surface area contributed by atoms with Gasteiger partial charge in [-0.05, 0) is 11.4 Å². The first-order chi connectivity index (χ1) is 9.18. The van der Waals surface area contributed by atoms with Gasteiger partial charge in [0.1, 0.15) is 6.04 Å². The molecule has 1 aliphatic rings. The van der Waals surface area contributed by atoms with Gasteiger partial charge in [-0.2, -0.15) is 0 Å². The van der Waals surface area contributed by atoms with Gasteiger partial charge in [0.2, 0.25) is 0 Å². The number of H-pyrrole nitrogens is 1. The van der Waals surface area contributed by atoms with Crippen molar-refractivity contribution >= 4 is 30.2 Å². The highest BCUT2D eigenvalue weighted by molar-refractivity contribution is 7.78. The van der Waals surface area contributed by atoms with Gasteiger partial charge in [0.05, 0.1) is 12.0 Å². The van der Waals surface area contributed by atoms with E-state index < -0.39 is 0 Å². The number of hydrogen-bond donors (Lipinski definition) is 2. The van der Waals surface area contributed by atoms with Gasteiger partial charge in [0.25, 0.3) is 0 Å². The molecule has 0 aromatic carbocycles. The molecule has 0 aliphatic carbocycles. The van der Waals surface area contributed by atoms with Crippen molar-refractivity contribution in [3.8, 4) is 0 Å². The number of amides is 2. The predicted octanol–water partition coefficient (Wildman–Crippen LogP) is 2.32. The number of aromatic amines is 1. The molecule has 0 fully saturated rings. The fourth-order valence-electron chi connectivity index (χ4n) is 2.40. The minimum Gasteiger partial charge on any atom is -0.348 e. The van der Waals surface area contributed by atoms with E-state index >= 15 is 0 Å². The van der Waals surface area contributed by atoms with Crippen LogP contribution in [-0.2, 0) is 6.42 Å². The van der Waals surface area contributed by atoms with Crippen molar-refractivity contribution in [3.63, 3.8) is 0 Å². The summed E-state index contributed by atoms with van der Waals surface area (Å²) < 4.78 is 1.32. The standard InChI is InChI=1S/C12H14N4OS2/c1-15(18)12(17)16-5-4-8-10(14-7-13-8)11(16)9-3-2-6-19-9/h2-3,6-7,11,18H,4-5H2,1H3,(H,13,14). The topological polar surface area (TPSA) is 52.2 Å². The third kappa shape index (κ3) is 2.12. The summed E-state index contributed by atoms with van der Waals surface area (Å²) >= 11 is 5.75. The lowest BCUT2D eigenvalue weighted by Gasteiger charge is -2.35. The summed E-state index contributed by atoms with van der Waals surface area (Å²) in [7, 11) is 1.65. The van der Waals surface area contributed by atoms with Crippen LogP contribution in [-0.4, -0.2) is 38.8 Å². The number of thiophene rings is 1. The second kappa shape index (κ2) is 4.90. The first kappa shape index (κ1) is 12.6. The van der Waals surface area contributed by atoms with Gasteiger partial charge in [-0.3, -0.25) is 4.31 Å². The van der Waals surface area contributed by atoms with Gasteiger partial charge in [0, 0.05) is 30.6 Å². The van der Waals surface area contributed by atoms with Gasteiger partial charge in [0.15, 0.2) is 0 Å². The summed E-state index contributed by atoms with van der Waals surface area (Å²) in [4.78, 5) is 22.8. The third-order valence-electron chi connectivity index (χ3n) is 3.26. The lowest BCUT2D eigenvalue weighted by molar-refractivity contribution is 0.168. The van der Waals surface area contributed by atoms with E-state index in [1.807, 2.05) is 22.4 Å². The average molecular weight is 294 g/mol. The Morgan fingerprint density at radius 2 is 2.53 bits per heavy atom. The monoisotopic (exact) mass is 294 g/mol. The molecule has 100 valence electrons. The molecule has 1 unspecified atom stereocenters. The Hall–Kier alpha value is -1.47. The number of nitrogens with one attached hydrogen (secondary N) is 1. The molecule has 0 saturated carbocycles. The van der Waals surface area contributed by atoms with Crippen LogP contribution in [0.3, 0.4) is 0 Å². The minimum absolute atomic E-state index is 0.101. The molecule has 0 spiro atoms. The van der Waals surface area contributed by atoms with E-state index in [9.17, 15) is 4.79 Å². The number of imidazole rings is 1. The van der Waals surface area contributed by atoms with E-state index in [0.717, 1.165) is 22.7 Å². The number of rotatable bonds is 1.